The summed E-state index contributed by atoms with van der Waals surface area (Å²) in [6.45, 7) is 2.28. The first-order valence-corrected chi connectivity index (χ1v) is 10.3. The maximum atomic E-state index is 13.9. The summed E-state index contributed by atoms with van der Waals surface area (Å²) >= 11 is 0. The van der Waals surface area contributed by atoms with Crippen molar-refractivity contribution < 1.29 is 22.3 Å². The topological polar surface area (TPSA) is 9.23 Å². The van der Waals surface area contributed by atoms with E-state index in [1.165, 1.54) is 38.2 Å². The van der Waals surface area contributed by atoms with Gasteiger partial charge in [0.1, 0.15) is 0 Å². The van der Waals surface area contributed by atoms with Crippen LogP contribution in [0.1, 0.15) is 63.4 Å². The molecule has 5 heteroatoms. The predicted octanol–water partition coefficient (Wildman–Crippen LogP) is 7.59. The Morgan fingerprint density at radius 2 is 1.71 bits per heavy atom. The number of benzene rings is 2. The van der Waals surface area contributed by atoms with Gasteiger partial charge in [-0.25, -0.2) is 4.39 Å². The molecule has 4 atom stereocenters. The molecule has 0 N–H and O–H groups in total. The standard InChI is InChI=1S/C23H26F4O/c1-2-14-3-4-16-12-17(6-5-15(16)11-14)18-7-9-20-19(13-18)8-10-21(24)22(20)28-23(25,26)27/h7-10,13-17H,2-6,11-12H2,1H3. The van der Waals surface area contributed by atoms with Crippen LogP contribution in [-0.2, 0) is 0 Å². The van der Waals surface area contributed by atoms with Gasteiger partial charge in [0, 0.05) is 5.39 Å². The van der Waals surface area contributed by atoms with Crippen LogP contribution in [0, 0.1) is 23.6 Å². The average molecular weight is 394 g/mol. The molecule has 2 aliphatic carbocycles. The van der Waals surface area contributed by atoms with E-state index in [2.05, 4.69) is 11.7 Å². The van der Waals surface area contributed by atoms with Crippen LogP contribution in [0.2, 0.25) is 0 Å². The number of hydrogen-bond acceptors (Lipinski definition) is 1. The average Bonchev–Trinajstić information content (AvgIpc) is 2.68. The Balaban J connectivity index is 1.56. The van der Waals surface area contributed by atoms with Gasteiger partial charge in [0.15, 0.2) is 11.6 Å². The molecular formula is C23H26F4O. The molecular weight excluding hydrogens is 368 g/mol. The predicted molar refractivity (Wildman–Crippen MR) is 102 cm³/mol. The van der Waals surface area contributed by atoms with E-state index in [1.54, 1.807) is 6.07 Å². The second kappa shape index (κ2) is 7.57. The fourth-order valence-corrected chi connectivity index (χ4v) is 5.43. The molecule has 0 heterocycles. The highest BCUT2D eigenvalue weighted by Crippen LogP contribution is 2.48. The summed E-state index contributed by atoms with van der Waals surface area (Å²) in [7, 11) is 0. The van der Waals surface area contributed by atoms with E-state index in [4.69, 9.17) is 0 Å². The van der Waals surface area contributed by atoms with Crippen molar-refractivity contribution in [1.29, 1.82) is 0 Å². The van der Waals surface area contributed by atoms with Crippen molar-refractivity contribution in [3.05, 3.63) is 41.7 Å². The van der Waals surface area contributed by atoms with Crippen molar-refractivity contribution in [3.63, 3.8) is 0 Å². The number of ether oxygens (including phenoxy) is 1. The van der Waals surface area contributed by atoms with Crippen LogP contribution in [0.4, 0.5) is 17.6 Å². The Labute approximate surface area is 163 Å². The first kappa shape index (κ1) is 19.5. The van der Waals surface area contributed by atoms with Gasteiger partial charge >= 0.3 is 6.36 Å². The van der Waals surface area contributed by atoms with E-state index in [1.807, 2.05) is 12.1 Å². The highest BCUT2D eigenvalue weighted by molar-refractivity contribution is 5.89. The molecule has 0 amide bonds. The van der Waals surface area contributed by atoms with Gasteiger partial charge in [-0.05, 0) is 72.8 Å². The van der Waals surface area contributed by atoms with Crippen molar-refractivity contribution in [2.45, 2.75) is 64.1 Å². The zero-order valence-corrected chi connectivity index (χ0v) is 16.1. The third kappa shape index (κ3) is 3.99. The molecule has 2 fully saturated rings. The quantitative estimate of drug-likeness (QED) is 0.487. The lowest BCUT2D eigenvalue weighted by molar-refractivity contribution is -0.275. The molecule has 0 bridgehead atoms. The van der Waals surface area contributed by atoms with Crippen LogP contribution in [0.25, 0.3) is 10.8 Å². The number of hydrogen-bond donors (Lipinski definition) is 0. The summed E-state index contributed by atoms with van der Waals surface area (Å²) in [5.74, 6) is 1.16. The molecule has 1 nitrogen and oxygen atoms in total. The van der Waals surface area contributed by atoms with Gasteiger partial charge < -0.3 is 4.74 Å². The lowest BCUT2D eigenvalue weighted by Crippen LogP contribution is -2.30. The summed E-state index contributed by atoms with van der Waals surface area (Å²) in [5.41, 5.74) is 1.15. The van der Waals surface area contributed by atoms with Gasteiger partial charge in [0.2, 0.25) is 0 Å². The van der Waals surface area contributed by atoms with Crippen LogP contribution < -0.4 is 4.74 Å². The smallest absolute Gasteiger partial charge is 0.402 e. The van der Waals surface area contributed by atoms with E-state index < -0.39 is 17.9 Å². The minimum absolute atomic E-state index is 0.165. The van der Waals surface area contributed by atoms with Crippen molar-refractivity contribution in [3.8, 4) is 5.75 Å². The van der Waals surface area contributed by atoms with Crippen LogP contribution in [0.15, 0.2) is 30.3 Å². The highest BCUT2D eigenvalue weighted by Gasteiger charge is 2.36. The maximum absolute atomic E-state index is 13.9. The molecule has 2 saturated carbocycles. The molecule has 0 aliphatic heterocycles. The van der Waals surface area contributed by atoms with Crippen LogP contribution in [-0.4, -0.2) is 6.36 Å². The second-order valence-electron chi connectivity index (χ2n) is 8.52. The Hall–Kier alpha value is -1.78. The zero-order chi connectivity index (χ0) is 19.9. The first-order valence-electron chi connectivity index (χ1n) is 10.3. The minimum atomic E-state index is -4.91. The first-order chi connectivity index (χ1) is 13.3. The second-order valence-corrected chi connectivity index (χ2v) is 8.52. The van der Waals surface area contributed by atoms with Gasteiger partial charge in [0.05, 0.1) is 0 Å². The molecule has 0 spiro atoms. The van der Waals surface area contributed by atoms with Gasteiger partial charge in [0.25, 0.3) is 0 Å². The van der Waals surface area contributed by atoms with Gasteiger partial charge in [-0.3, -0.25) is 0 Å². The van der Waals surface area contributed by atoms with E-state index in [0.29, 0.717) is 11.3 Å². The molecule has 4 unspecified atom stereocenters. The van der Waals surface area contributed by atoms with Gasteiger partial charge in [-0.2, -0.15) is 0 Å². The van der Waals surface area contributed by atoms with Crippen LogP contribution in [0.3, 0.4) is 0 Å². The van der Waals surface area contributed by atoms with E-state index in [9.17, 15) is 17.6 Å². The number of rotatable bonds is 3. The summed E-state index contributed by atoms with van der Waals surface area (Å²) in [4.78, 5) is 0. The lowest BCUT2D eigenvalue weighted by atomic mass is 9.63. The van der Waals surface area contributed by atoms with Crippen molar-refractivity contribution >= 4 is 10.8 Å². The third-order valence-electron chi connectivity index (χ3n) is 6.93. The minimum Gasteiger partial charge on any atom is -0.402 e. The van der Waals surface area contributed by atoms with Gasteiger partial charge in [-0.15, -0.1) is 13.2 Å². The molecule has 0 aromatic heterocycles. The fourth-order valence-electron chi connectivity index (χ4n) is 5.43. The van der Waals surface area contributed by atoms with E-state index >= 15 is 0 Å². The fraction of sp³-hybridized carbons (Fsp3) is 0.565. The van der Waals surface area contributed by atoms with Crippen LogP contribution >= 0.6 is 0 Å². The highest BCUT2D eigenvalue weighted by atomic mass is 19.4. The molecule has 2 aliphatic rings. The molecule has 152 valence electrons. The number of fused-ring (bicyclic) bond motifs is 2. The zero-order valence-electron chi connectivity index (χ0n) is 16.1. The SMILES string of the molecule is CCC1CCC2CC(c3ccc4c(OC(F)(F)F)c(F)ccc4c3)CCC2C1. The van der Waals surface area contributed by atoms with E-state index in [-0.39, 0.29) is 5.39 Å². The summed E-state index contributed by atoms with van der Waals surface area (Å²) in [6, 6.07) is 7.94. The van der Waals surface area contributed by atoms with Crippen molar-refractivity contribution in [2.75, 3.05) is 0 Å². The lowest BCUT2D eigenvalue weighted by Gasteiger charge is -2.42. The number of alkyl halides is 3. The largest absolute Gasteiger partial charge is 0.573 e. The number of halogens is 4. The Morgan fingerprint density at radius 3 is 2.46 bits per heavy atom. The summed E-state index contributed by atoms with van der Waals surface area (Å²) in [6.07, 6.45) is 3.83. The van der Waals surface area contributed by atoms with Crippen LogP contribution in [0.5, 0.6) is 5.75 Å². The third-order valence-corrected chi connectivity index (χ3v) is 6.93. The molecule has 2 aromatic rings. The molecule has 0 radical (unpaired) electrons. The van der Waals surface area contributed by atoms with Crippen molar-refractivity contribution in [2.24, 2.45) is 17.8 Å². The summed E-state index contributed by atoms with van der Waals surface area (Å²) < 4.78 is 55.8. The molecule has 4 rings (SSSR count). The summed E-state index contributed by atoms with van der Waals surface area (Å²) in [5, 5.41) is 0.758. The Kier molecular flexibility index (Phi) is 5.28. The molecule has 28 heavy (non-hydrogen) atoms. The normalized spacial score (nSPS) is 28.2. The monoisotopic (exact) mass is 394 g/mol. The Bertz CT molecular complexity index is 844. The molecule has 0 saturated heterocycles. The van der Waals surface area contributed by atoms with E-state index in [0.717, 1.165) is 42.2 Å². The molecule has 2 aromatic carbocycles. The maximum Gasteiger partial charge on any atom is 0.573 e. The van der Waals surface area contributed by atoms with Crippen molar-refractivity contribution in [1.82, 2.24) is 0 Å². The van der Waals surface area contributed by atoms with Gasteiger partial charge in [-0.1, -0.05) is 44.0 Å². The Morgan fingerprint density at radius 1 is 0.964 bits per heavy atom.